The van der Waals surface area contributed by atoms with Crippen molar-refractivity contribution < 1.29 is 14.3 Å². The molecule has 0 spiro atoms. The summed E-state index contributed by atoms with van der Waals surface area (Å²) >= 11 is 0. The van der Waals surface area contributed by atoms with Crippen LogP contribution in [0.4, 0.5) is 11.4 Å². The smallest absolute Gasteiger partial charge is 0.257 e. The number of ether oxygens (including phenoxy) is 1. The first-order chi connectivity index (χ1) is 17.6. The lowest BCUT2D eigenvalue weighted by atomic mass is 9.96. The van der Waals surface area contributed by atoms with E-state index in [1.54, 1.807) is 25.4 Å². The Morgan fingerprint density at radius 3 is 2.72 bits per heavy atom. The number of carbonyl (C=O) groups is 2. The van der Waals surface area contributed by atoms with Crippen LogP contribution >= 0.6 is 0 Å². The van der Waals surface area contributed by atoms with Crippen LogP contribution in [-0.2, 0) is 17.8 Å². The van der Waals surface area contributed by atoms with Crippen LogP contribution < -0.4 is 15.0 Å². The summed E-state index contributed by atoms with van der Waals surface area (Å²) in [5.41, 5.74) is 5.72. The fourth-order valence-corrected chi connectivity index (χ4v) is 5.56. The Labute approximate surface area is 209 Å². The molecule has 1 atom stereocenters. The second-order valence-corrected chi connectivity index (χ2v) is 9.17. The van der Waals surface area contributed by atoms with E-state index in [2.05, 4.69) is 31.9 Å². The van der Waals surface area contributed by atoms with Crippen molar-refractivity contribution in [3.63, 3.8) is 0 Å². The van der Waals surface area contributed by atoms with E-state index < -0.39 is 0 Å². The molecule has 1 N–H and O–H groups in total. The van der Waals surface area contributed by atoms with Gasteiger partial charge in [0.2, 0.25) is 11.8 Å². The Kier molecular flexibility index (Phi) is 5.36. The topological polar surface area (TPSA) is 79.7 Å². The predicted octanol–water partition coefficient (Wildman–Crippen LogP) is 4.22. The van der Waals surface area contributed by atoms with E-state index in [1.165, 1.54) is 10.9 Å². The van der Waals surface area contributed by atoms with Crippen molar-refractivity contribution in [1.29, 1.82) is 0 Å². The number of carbonyl (C=O) groups excluding carboxylic acids is 2. The normalized spacial score (nSPS) is 16.4. The molecule has 0 fully saturated rings. The molecule has 8 heteroatoms. The number of hydrogen-bond acceptors (Lipinski definition) is 5. The summed E-state index contributed by atoms with van der Waals surface area (Å²) in [6, 6.07) is 19.6. The first kappa shape index (κ1) is 22.2. The molecule has 4 heterocycles. The van der Waals surface area contributed by atoms with Crippen LogP contribution in [-0.4, -0.2) is 47.0 Å². The zero-order valence-electron chi connectivity index (χ0n) is 20.3. The molecule has 6 rings (SSSR count). The average Bonchev–Trinajstić information content (AvgIpc) is 3.24. The molecule has 2 amide bonds. The summed E-state index contributed by atoms with van der Waals surface area (Å²) in [5.74, 6) is 0.455. The van der Waals surface area contributed by atoms with Crippen LogP contribution in [0, 0.1) is 0 Å². The quantitative estimate of drug-likeness (QED) is 0.462. The van der Waals surface area contributed by atoms with Gasteiger partial charge < -0.3 is 24.4 Å². The maximum absolute atomic E-state index is 13.5. The first-order valence-electron chi connectivity index (χ1n) is 12.1. The van der Waals surface area contributed by atoms with Gasteiger partial charge in [-0.2, -0.15) is 0 Å². The summed E-state index contributed by atoms with van der Waals surface area (Å²) in [6.07, 6.45) is 2.43. The number of anilines is 2. The fourth-order valence-electron chi connectivity index (χ4n) is 5.56. The lowest BCUT2D eigenvalue weighted by Gasteiger charge is -2.46. The third kappa shape index (κ3) is 3.48. The fraction of sp³-hybridized carbons (Fsp3) is 0.250. The molecular formula is C28H27N5O3. The van der Waals surface area contributed by atoms with E-state index in [0.29, 0.717) is 24.7 Å². The number of hydrogen-bond donors (Lipinski definition) is 1. The van der Waals surface area contributed by atoms with Gasteiger partial charge in [0, 0.05) is 43.5 Å². The van der Waals surface area contributed by atoms with Gasteiger partial charge in [0.05, 0.1) is 35.9 Å². The molecule has 2 aromatic carbocycles. The number of nitrogens with zero attached hydrogens (tertiary/aromatic N) is 4. The molecule has 0 saturated carbocycles. The molecule has 0 unspecified atom stereocenters. The van der Waals surface area contributed by atoms with E-state index in [9.17, 15) is 9.59 Å². The largest absolute Gasteiger partial charge is 0.481 e. The number of methoxy groups -OCH3 is 1. The molecule has 0 bridgehead atoms. The second-order valence-electron chi connectivity index (χ2n) is 9.17. The van der Waals surface area contributed by atoms with Crippen molar-refractivity contribution in [3.8, 4) is 5.88 Å². The van der Waals surface area contributed by atoms with Crippen LogP contribution in [0.25, 0.3) is 10.9 Å². The van der Waals surface area contributed by atoms with Gasteiger partial charge in [-0.15, -0.1) is 0 Å². The highest BCUT2D eigenvalue weighted by atomic mass is 16.5. The van der Waals surface area contributed by atoms with Gasteiger partial charge in [0.1, 0.15) is 6.17 Å². The molecule has 8 nitrogen and oxygen atoms in total. The third-order valence-corrected chi connectivity index (χ3v) is 7.20. The SMILES string of the molecule is COc1ccc(NC(=O)CCn2c3c(c4ccccc42)CCN2C(=O)c4ccccc4N(C)[C@@H]32)cn1. The molecule has 36 heavy (non-hydrogen) atoms. The van der Waals surface area contributed by atoms with Gasteiger partial charge in [-0.3, -0.25) is 9.59 Å². The Balaban J connectivity index is 1.35. The van der Waals surface area contributed by atoms with Gasteiger partial charge in [-0.05, 0) is 36.2 Å². The Hall–Kier alpha value is -4.33. The van der Waals surface area contributed by atoms with Crippen LogP contribution in [0.2, 0.25) is 0 Å². The minimum atomic E-state index is -0.225. The highest BCUT2D eigenvalue weighted by Crippen LogP contribution is 2.44. The number of amides is 2. The number of benzene rings is 2. The van der Waals surface area contributed by atoms with Gasteiger partial charge in [-0.25, -0.2) is 4.98 Å². The lowest BCUT2D eigenvalue weighted by molar-refractivity contribution is -0.116. The molecule has 182 valence electrons. The van der Waals surface area contributed by atoms with Crippen molar-refractivity contribution in [3.05, 3.63) is 83.7 Å². The minimum absolute atomic E-state index is 0.0564. The first-order valence-corrected chi connectivity index (χ1v) is 12.1. The van der Waals surface area contributed by atoms with Crippen molar-refractivity contribution in [2.75, 3.05) is 30.9 Å². The summed E-state index contributed by atoms with van der Waals surface area (Å²) < 4.78 is 7.31. The summed E-state index contributed by atoms with van der Waals surface area (Å²) in [6.45, 7) is 1.16. The number of fused-ring (bicyclic) bond motifs is 6. The number of nitrogens with one attached hydrogen (secondary N) is 1. The molecular weight excluding hydrogens is 454 g/mol. The number of pyridine rings is 1. The maximum Gasteiger partial charge on any atom is 0.257 e. The number of aryl methyl sites for hydroxylation is 1. The standard InChI is InChI=1S/C28H27N5O3/c1-31-22-9-5-4-8-21(22)28(35)33-15-13-20-19-7-3-6-10-23(19)32(26(20)27(31)33)16-14-24(34)30-18-11-12-25(36-2)29-17-18/h3-12,17,27H,13-16H2,1-2H3,(H,30,34)/t27-/m1/s1. The van der Waals surface area contributed by atoms with Crippen LogP contribution in [0.1, 0.15) is 34.2 Å². The number of rotatable bonds is 5. The van der Waals surface area contributed by atoms with Crippen molar-refractivity contribution in [2.45, 2.75) is 25.6 Å². The summed E-state index contributed by atoms with van der Waals surface area (Å²) in [7, 11) is 3.60. The highest BCUT2D eigenvalue weighted by molar-refractivity contribution is 6.02. The minimum Gasteiger partial charge on any atom is -0.481 e. The molecule has 0 radical (unpaired) electrons. The van der Waals surface area contributed by atoms with Crippen molar-refractivity contribution in [1.82, 2.24) is 14.5 Å². The van der Waals surface area contributed by atoms with Gasteiger partial charge in [-0.1, -0.05) is 30.3 Å². The van der Waals surface area contributed by atoms with Gasteiger partial charge in [0.25, 0.3) is 5.91 Å². The van der Waals surface area contributed by atoms with E-state index >= 15 is 0 Å². The molecule has 0 saturated heterocycles. The van der Waals surface area contributed by atoms with E-state index in [0.717, 1.165) is 28.9 Å². The van der Waals surface area contributed by atoms with Crippen molar-refractivity contribution >= 4 is 34.1 Å². The Morgan fingerprint density at radius 2 is 1.92 bits per heavy atom. The Bertz CT molecular complexity index is 1480. The van der Waals surface area contributed by atoms with Crippen LogP contribution in [0.3, 0.4) is 0 Å². The molecule has 2 aromatic heterocycles. The molecule has 0 aliphatic carbocycles. The number of para-hydroxylation sites is 2. The predicted molar refractivity (Wildman–Crippen MR) is 138 cm³/mol. The van der Waals surface area contributed by atoms with E-state index in [-0.39, 0.29) is 24.4 Å². The summed E-state index contributed by atoms with van der Waals surface area (Å²) in [4.78, 5) is 34.6. The molecule has 2 aliphatic rings. The zero-order chi connectivity index (χ0) is 24.8. The average molecular weight is 482 g/mol. The van der Waals surface area contributed by atoms with Crippen LogP contribution in [0.5, 0.6) is 5.88 Å². The zero-order valence-corrected chi connectivity index (χ0v) is 20.3. The maximum atomic E-state index is 13.5. The monoisotopic (exact) mass is 481 g/mol. The van der Waals surface area contributed by atoms with Gasteiger partial charge in [0.15, 0.2) is 0 Å². The Morgan fingerprint density at radius 1 is 1.11 bits per heavy atom. The second kappa shape index (κ2) is 8.71. The van der Waals surface area contributed by atoms with E-state index in [4.69, 9.17) is 4.74 Å². The lowest BCUT2D eigenvalue weighted by Crippen LogP contribution is -2.51. The number of aromatic nitrogens is 2. The van der Waals surface area contributed by atoms with E-state index in [1.807, 2.05) is 48.3 Å². The van der Waals surface area contributed by atoms with Gasteiger partial charge >= 0.3 is 0 Å². The molecule has 2 aliphatic heterocycles. The third-order valence-electron chi connectivity index (χ3n) is 7.20. The summed E-state index contributed by atoms with van der Waals surface area (Å²) in [5, 5.41) is 4.11. The molecule has 4 aromatic rings. The van der Waals surface area contributed by atoms with Crippen molar-refractivity contribution in [2.24, 2.45) is 0 Å². The van der Waals surface area contributed by atoms with Crippen LogP contribution in [0.15, 0.2) is 66.9 Å². The highest BCUT2D eigenvalue weighted by Gasteiger charge is 2.42.